The molecule has 0 heterocycles. The van der Waals surface area contributed by atoms with E-state index < -0.39 is 17.9 Å². The molecule has 1 aromatic carbocycles. The first-order valence-electron chi connectivity index (χ1n) is 6.51. The minimum Gasteiger partial charge on any atom is -0.466 e. The molecule has 0 bridgehead atoms. The second kappa shape index (κ2) is 9.04. The van der Waals surface area contributed by atoms with E-state index in [4.69, 9.17) is 0 Å². The van der Waals surface area contributed by atoms with E-state index in [1.807, 2.05) is 6.07 Å². The highest BCUT2D eigenvalue weighted by atomic mass is 16.5. The van der Waals surface area contributed by atoms with Crippen molar-refractivity contribution in [3.63, 3.8) is 0 Å². The van der Waals surface area contributed by atoms with Crippen LogP contribution in [0.1, 0.15) is 5.56 Å². The van der Waals surface area contributed by atoms with Gasteiger partial charge in [0.15, 0.2) is 0 Å². The van der Waals surface area contributed by atoms with Crippen LogP contribution in [0.2, 0.25) is 0 Å². The van der Waals surface area contributed by atoms with Gasteiger partial charge in [0.05, 0.1) is 27.4 Å². The fourth-order valence-corrected chi connectivity index (χ4v) is 1.55. The molecule has 0 aliphatic rings. The first-order chi connectivity index (χ1) is 11.0. The maximum Gasteiger partial charge on any atom is 0.354 e. The fraction of sp³-hybridized carbons (Fsp3) is 0.188. The van der Waals surface area contributed by atoms with E-state index in [0.717, 1.165) is 20.3 Å². The lowest BCUT2D eigenvalue weighted by molar-refractivity contribution is -0.139. The smallest absolute Gasteiger partial charge is 0.354 e. The minimum atomic E-state index is -0.835. The predicted molar refractivity (Wildman–Crippen MR) is 81.7 cm³/mol. The van der Waals surface area contributed by atoms with Crippen LogP contribution in [0, 0.1) is 0 Å². The molecule has 0 aliphatic carbocycles. The summed E-state index contributed by atoms with van der Waals surface area (Å²) >= 11 is 0. The van der Waals surface area contributed by atoms with Gasteiger partial charge in [-0.2, -0.15) is 0 Å². The molecule has 0 spiro atoms. The Bertz CT molecular complexity index is 633. The molecule has 0 aromatic heterocycles. The first kappa shape index (κ1) is 18.0. The van der Waals surface area contributed by atoms with Crippen LogP contribution in [-0.4, -0.2) is 39.2 Å². The van der Waals surface area contributed by atoms with Crippen LogP contribution in [0.5, 0.6) is 0 Å². The molecule has 0 radical (unpaired) electrons. The van der Waals surface area contributed by atoms with Crippen LogP contribution >= 0.6 is 0 Å². The minimum absolute atomic E-state index is 0.0424. The van der Waals surface area contributed by atoms with Crippen molar-refractivity contribution < 1.29 is 28.6 Å². The molecule has 0 fully saturated rings. The molecule has 1 N–H and O–H groups in total. The van der Waals surface area contributed by atoms with E-state index in [1.54, 1.807) is 24.3 Å². The van der Waals surface area contributed by atoms with Gasteiger partial charge >= 0.3 is 17.9 Å². The van der Waals surface area contributed by atoms with Gasteiger partial charge in [0.2, 0.25) is 0 Å². The van der Waals surface area contributed by atoms with Crippen LogP contribution in [-0.2, 0) is 28.6 Å². The van der Waals surface area contributed by atoms with Gasteiger partial charge < -0.3 is 19.5 Å². The number of nitrogens with one attached hydrogen (secondary N) is 1. The van der Waals surface area contributed by atoms with Crippen molar-refractivity contribution in [1.82, 2.24) is 5.32 Å². The average molecular weight is 319 g/mol. The Morgan fingerprint density at radius 3 is 1.96 bits per heavy atom. The van der Waals surface area contributed by atoms with E-state index in [2.05, 4.69) is 19.5 Å². The second-order valence-corrected chi connectivity index (χ2v) is 4.16. The molecule has 23 heavy (non-hydrogen) atoms. The molecule has 1 rings (SSSR count). The third-order valence-corrected chi connectivity index (χ3v) is 2.65. The molecule has 0 unspecified atom stereocenters. The van der Waals surface area contributed by atoms with Crippen molar-refractivity contribution in [2.45, 2.75) is 0 Å². The summed E-state index contributed by atoms with van der Waals surface area (Å²) in [5.74, 6) is -2.33. The normalized spacial score (nSPS) is 11.4. The summed E-state index contributed by atoms with van der Waals surface area (Å²) in [7, 11) is 3.51. The standard InChI is InChI=1S/C16H17NO6/c1-21-14(18)10-13(16(20)23-3)17-12(15(19)22-2)9-11-7-5-4-6-8-11/h4-10,17H,1-3H3/b12-9-,13-10+. The third-order valence-electron chi connectivity index (χ3n) is 2.65. The summed E-state index contributed by atoms with van der Waals surface area (Å²) in [4.78, 5) is 34.9. The van der Waals surface area contributed by atoms with Crippen molar-refractivity contribution >= 4 is 24.0 Å². The van der Waals surface area contributed by atoms with Crippen LogP contribution < -0.4 is 5.32 Å². The van der Waals surface area contributed by atoms with Gasteiger partial charge in [0, 0.05) is 0 Å². The van der Waals surface area contributed by atoms with E-state index in [-0.39, 0.29) is 11.4 Å². The summed E-state index contributed by atoms with van der Waals surface area (Å²) in [6.45, 7) is 0. The summed E-state index contributed by atoms with van der Waals surface area (Å²) < 4.78 is 13.7. The summed E-state index contributed by atoms with van der Waals surface area (Å²) in [5, 5.41) is 2.54. The fourth-order valence-electron chi connectivity index (χ4n) is 1.55. The zero-order valence-electron chi connectivity index (χ0n) is 13.0. The molecule has 0 amide bonds. The Labute approximate surface area is 133 Å². The number of carbonyl (C=O) groups is 3. The number of hydrogen-bond donors (Lipinski definition) is 1. The van der Waals surface area contributed by atoms with Crippen LogP contribution in [0.15, 0.2) is 47.8 Å². The van der Waals surface area contributed by atoms with E-state index >= 15 is 0 Å². The Kier molecular flexibility index (Phi) is 7.06. The quantitative estimate of drug-likeness (QED) is 0.475. The molecule has 0 saturated carbocycles. The van der Waals surface area contributed by atoms with Gasteiger partial charge in [-0.05, 0) is 11.6 Å². The van der Waals surface area contributed by atoms with Gasteiger partial charge in [-0.3, -0.25) is 0 Å². The SMILES string of the molecule is COC(=O)/C=C(/N/C(=C\c1ccccc1)C(=O)OC)C(=O)OC. The van der Waals surface area contributed by atoms with Gasteiger partial charge in [-0.25, -0.2) is 14.4 Å². The molecule has 0 atom stereocenters. The number of hydrogen-bond acceptors (Lipinski definition) is 7. The monoisotopic (exact) mass is 319 g/mol. The third kappa shape index (κ3) is 5.66. The van der Waals surface area contributed by atoms with Gasteiger partial charge in [0.25, 0.3) is 0 Å². The number of esters is 3. The number of methoxy groups -OCH3 is 3. The van der Waals surface area contributed by atoms with Crippen molar-refractivity contribution in [1.29, 1.82) is 0 Å². The Morgan fingerprint density at radius 2 is 1.43 bits per heavy atom. The molecule has 7 heteroatoms. The number of ether oxygens (including phenoxy) is 3. The lowest BCUT2D eigenvalue weighted by atomic mass is 10.2. The molecule has 0 aliphatic heterocycles. The molecule has 7 nitrogen and oxygen atoms in total. The highest BCUT2D eigenvalue weighted by molar-refractivity contribution is 5.99. The molecular weight excluding hydrogens is 302 g/mol. The molecular formula is C16H17NO6. The first-order valence-corrected chi connectivity index (χ1v) is 6.51. The van der Waals surface area contributed by atoms with Gasteiger partial charge in [-0.15, -0.1) is 0 Å². The van der Waals surface area contributed by atoms with Crippen LogP contribution in [0.4, 0.5) is 0 Å². The van der Waals surface area contributed by atoms with Gasteiger partial charge in [0.1, 0.15) is 11.4 Å². The number of rotatable bonds is 6. The number of carbonyl (C=O) groups excluding carboxylic acids is 3. The Hall–Kier alpha value is -3.09. The van der Waals surface area contributed by atoms with Gasteiger partial charge in [-0.1, -0.05) is 30.3 Å². The van der Waals surface area contributed by atoms with E-state index in [1.165, 1.54) is 13.2 Å². The number of benzene rings is 1. The van der Waals surface area contributed by atoms with E-state index in [0.29, 0.717) is 5.56 Å². The lowest BCUT2D eigenvalue weighted by Gasteiger charge is -2.11. The zero-order chi connectivity index (χ0) is 17.2. The summed E-state index contributed by atoms with van der Waals surface area (Å²) in [6.07, 6.45) is 2.35. The predicted octanol–water partition coefficient (Wildman–Crippen LogP) is 1.02. The Morgan fingerprint density at radius 1 is 0.870 bits per heavy atom. The van der Waals surface area contributed by atoms with Crippen LogP contribution in [0.25, 0.3) is 6.08 Å². The zero-order valence-corrected chi connectivity index (χ0v) is 13.0. The summed E-state index contributed by atoms with van der Waals surface area (Å²) in [6, 6.07) is 8.90. The molecule has 122 valence electrons. The molecule has 0 saturated heterocycles. The highest BCUT2D eigenvalue weighted by Gasteiger charge is 2.18. The Balaban J connectivity index is 3.18. The average Bonchev–Trinajstić information content (AvgIpc) is 2.59. The maximum atomic E-state index is 11.9. The topological polar surface area (TPSA) is 90.9 Å². The van der Waals surface area contributed by atoms with Crippen molar-refractivity contribution in [3.8, 4) is 0 Å². The molecule has 1 aromatic rings. The van der Waals surface area contributed by atoms with Crippen molar-refractivity contribution in [3.05, 3.63) is 53.4 Å². The van der Waals surface area contributed by atoms with Crippen LogP contribution in [0.3, 0.4) is 0 Å². The van der Waals surface area contributed by atoms with Crippen molar-refractivity contribution in [2.75, 3.05) is 21.3 Å². The summed E-state index contributed by atoms with van der Waals surface area (Å²) in [5.41, 5.74) is 0.397. The largest absolute Gasteiger partial charge is 0.466 e. The maximum absolute atomic E-state index is 11.9. The second-order valence-electron chi connectivity index (χ2n) is 4.16. The van der Waals surface area contributed by atoms with Crippen molar-refractivity contribution in [2.24, 2.45) is 0 Å². The highest BCUT2D eigenvalue weighted by Crippen LogP contribution is 2.08. The van der Waals surface area contributed by atoms with E-state index in [9.17, 15) is 14.4 Å². The lowest BCUT2D eigenvalue weighted by Crippen LogP contribution is -2.27.